The van der Waals surface area contributed by atoms with Crippen molar-refractivity contribution in [3.05, 3.63) is 58.9 Å². The van der Waals surface area contributed by atoms with Crippen LogP contribution in [0.3, 0.4) is 0 Å². The van der Waals surface area contributed by atoms with Gasteiger partial charge in [0.15, 0.2) is 0 Å². The number of amides is 3. The van der Waals surface area contributed by atoms with Crippen molar-refractivity contribution >= 4 is 41.0 Å². The summed E-state index contributed by atoms with van der Waals surface area (Å²) in [5.41, 5.74) is 5.94. The first-order chi connectivity index (χ1) is 17.5. The van der Waals surface area contributed by atoms with Gasteiger partial charge in [0.05, 0.1) is 23.9 Å². The van der Waals surface area contributed by atoms with Crippen LogP contribution >= 0.6 is 11.6 Å². The van der Waals surface area contributed by atoms with Crippen molar-refractivity contribution < 1.29 is 36.6 Å². The van der Waals surface area contributed by atoms with Gasteiger partial charge < -0.3 is 30.7 Å². The largest absolute Gasteiger partial charge is 0.573 e. The molecular formula is C24H23ClF4N4O4. The van der Waals surface area contributed by atoms with Crippen LogP contribution in [0, 0.1) is 17.7 Å². The molecule has 0 radical (unpaired) electrons. The van der Waals surface area contributed by atoms with E-state index in [1.165, 1.54) is 24.3 Å². The van der Waals surface area contributed by atoms with Gasteiger partial charge in [-0.2, -0.15) is 0 Å². The lowest BCUT2D eigenvalue weighted by atomic mass is 9.82. The van der Waals surface area contributed by atoms with E-state index in [0.29, 0.717) is 26.3 Å². The fourth-order valence-electron chi connectivity index (χ4n) is 4.51. The average molecular weight is 543 g/mol. The molecule has 0 saturated carbocycles. The standard InChI is InChI=1S/C24H23ClF4N4O4/c25-18-8-19(32-23(30)35)13(7-20(18)37-24(27,28)29)1-6-21(34)33-9-14-11-36-12-15(10-33)22(14)31-17-4-2-16(26)3-5-17/h1-8,14-15,22,31H,9-12H2,(H3,30,32,35)/b6-1+/t14-,15+,22?. The number of rotatable bonds is 6. The third kappa shape index (κ3) is 6.83. The number of anilines is 2. The molecule has 13 heteroatoms. The molecule has 4 N–H and O–H groups in total. The van der Waals surface area contributed by atoms with Crippen LogP contribution in [-0.4, -0.2) is 55.5 Å². The Bertz CT molecular complexity index is 1180. The molecule has 2 bridgehead atoms. The zero-order chi connectivity index (χ0) is 26.7. The summed E-state index contributed by atoms with van der Waals surface area (Å²) in [5, 5.41) is 5.27. The van der Waals surface area contributed by atoms with Crippen molar-refractivity contribution in [3.63, 3.8) is 0 Å². The minimum absolute atomic E-state index is 0.00329. The second kappa shape index (κ2) is 10.9. The number of alkyl halides is 3. The van der Waals surface area contributed by atoms with Crippen molar-refractivity contribution in [2.24, 2.45) is 17.6 Å². The van der Waals surface area contributed by atoms with Crippen molar-refractivity contribution in [1.82, 2.24) is 4.90 Å². The highest BCUT2D eigenvalue weighted by molar-refractivity contribution is 6.32. The average Bonchev–Trinajstić information content (AvgIpc) is 2.80. The van der Waals surface area contributed by atoms with Gasteiger partial charge in [-0.3, -0.25) is 4.79 Å². The fourth-order valence-corrected chi connectivity index (χ4v) is 4.71. The minimum Gasteiger partial charge on any atom is -0.404 e. The van der Waals surface area contributed by atoms with E-state index in [4.69, 9.17) is 22.1 Å². The normalized spacial score (nSPS) is 21.5. The lowest BCUT2D eigenvalue weighted by Crippen LogP contribution is -2.59. The second-order valence-electron chi connectivity index (χ2n) is 8.72. The van der Waals surface area contributed by atoms with Crippen molar-refractivity contribution in [2.45, 2.75) is 12.4 Å². The third-order valence-corrected chi connectivity index (χ3v) is 6.37. The molecule has 2 saturated heterocycles. The molecule has 2 fully saturated rings. The lowest BCUT2D eigenvalue weighted by molar-refractivity contribution is -0.274. The highest BCUT2D eigenvalue weighted by Crippen LogP contribution is 2.36. The molecule has 4 rings (SSSR count). The van der Waals surface area contributed by atoms with Gasteiger partial charge in [0.2, 0.25) is 5.91 Å². The fraction of sp³-hybridized carbons (Fsp3) is 0.333. The Morgan fingerprint density at radius 3 is 2.38 bits per heavy atom. The Morgan fingerprint density at radius 1 is 1.14 bits per heavy atom. The number of hydrogen-bond acceptors (Lipinski definition) is 5. The number of primary amides is 1. The van der Waals surface area contributed by atoms with Gasteiger partial charge in [-0.1, -0.05) is 11.6 Å². The predicted octanol–water partition coefficient (Wildman–Crippen LogP) is 4.47. The van der Waals surface area contributed by atoms with E-state index in [9.17, 15) is 27.2 Å². The highest BCUT2D eigenvalue weighted by Gasteiger charge is 2.41. The number of ether oxygens (including phenoxy) is 2. The Morgan fingerprint density at radius 2 is 1.78 bits per heavy atom. The van der Waals surface area contributed by atoms with Crippen LogP contribution < -0.4 is 21.1 Å². The Balaban J connectivity index is 1.50. The topological polar surface area (TPSA) is 106 Å². The lowest BCUT2D eigenvalue weighted by Gasteiger charge is -2.47. The monoisotopic (exact) mass is 542 g/mol. The molecule has 0 aromatic heterocycles. The molecule has 37 heavy (non-hydrogen) atoms. The van der Waals surface area contributed by atoms with Crippen LogP contribution in [0.15, 0.2) is 42.5 Å². The number of benzene rings is 2. The number of hydrogen-bond donors (Lipinski definition) is 3. The summed E-state index contributed by atoms with van der Waals surface area (Å²) in [4.78, 5) is 26.0. The molecule has 0 spiro atoms. The van der Waals surface area contributed by atoms with Crippen LogP contribution in [0.25, 0.3) is 6.08 Å². The van der Waals surface area contributed by atoms with Gasteiger partial charge in [0, 0.05) is 48.3 Å². The quantitative estimate of drug-likeness (QED) is 0.369. The van der Waals surface area contributed by atoms with E-state index in [2.05, 4.69) is 15.4 Å². The van der Waals surface area contributed by atoms with Gasteiger partial charge in [0.25, 0.3) is 0 Å². The zero-order valence-electron chi connectivity index (χ0n) is 19.2. The smallest absolute Gasteiger partial charge is 0.404 e. The predicted molar refractivity (Wildman–Crippen MR) is 129 cm³/mol. The summed E-state index contributed by atoms with van der Waals surface area (Å²) in [5.74, 6) is -1.49. The van der Waals surface area contributed by atoms with E-state index < -0.39 is 23.2 Å². The molecule has 2 aliphatic heterocycles. The molecule has 2 aromatic carbocycles. The Kier molecular flexibility index (Phi) is 7.79. The summed E-state index contributed by atoms with van der Waals surface area (Å²) in [6.45, 7) is 1.58. The summed E-state index contributed by atoms with van der Waals surface area (Å²) < 4.78 is 61.1. The molecule has 0 aliphatic carbocycles. The van der Waals surface area contributed by atoms with Crippen LogP contribution in [0.2, 0.25) is 5.02 Å². The number of halogens is 5. The summed E-state index contributed by atoms with van der Waals surface area (Å²) >= 11 is 5.86. The number of nitrogens with two attached hydrogens (primary N) is 1. The van der Waals surface area contributed by atoms with Crippen LogP contribution in [0.5, 0.6) is 5.75 Å². The van der Waals surface area contributed by atoms with E-state index >= 15 is 0 Å². The van der Waals surface area contributed by atoms with Crippen LogP contribution in [0.1, 0.15) is 5.56 Å². The van der Waals surface area contributed by atoms with Crippen LogP contribution in [-0.2, 0) is 9.53 Å². The van der Waals surface area contributed by atoms with E-state index in [0.717, 1.165) is 17.8 Å². The zero-order valence-corrected chi connectivity index (χ0v) is 20.0. The maximum Gasteiger partial charge on any atom is 0.573 e. The first kappa shape index (κ1) is 26.6. The number of piperidine rings is 1. The third-order valence-electron chi connectivity index (χ3n) is 6.07. The maximum atomic E-state index is 13.2. The summed E-state index contributed by atoms with van der Waals surface area (Å²) in [7, 11) is 0. The summed E-state index contributed by atoms with van der Waals surface area (Å²) in [6.07, 6.45) is -2.55. The Labute approximate surface area is 214 Å². The number of nitrogens with one attached hydrogen (secondary N) is 2. The first-order valence-electron chi connectivity index (χ1n) is 11.2. The molecule has 198 valence electrons. The van der Waals surface area contributed by atoms with Crippen molar-refractivity contribution in [2.75, 3.05) is 36.9 Å². The number of likely N-dealkylation sites (tertiary alicyclic amines) is 1. The van der Waals surface area contributed by atoms with Gasteiger partial charge in [0.1, 0.15) is 11.6 Å². The number of nitrogens with zero attached hydrogens (tertiary/aromatic N) is 1. The molecular weight excluding hydrogens is 520 g/mol. The van der Waals surface area contributed by atoms with E-state index in [1.807, 2.05) is 0 Å². The summed E-state index contributed by atoms with van der Waals surface area (Å²) in [6, 6.07) is 7.06. The Hall–Kier alpha value is -3.51. The first-order valence-corrected chi connectivity index (χ1v) is 11.6. The van der Waals surface area contributed by atoms with Gasteiger partial charge in [-0.15, -0.1) is 13.2 Å². The van der Waals surface area contributed by atoms with Gasteiger partial charge in [-0.25, -0.2) is 9.18 Å². The van der Waals surface area contributed by atoms with E-state index in [-0.39, 0.29) is 40.9 Å². The second-order valence-corrected chi connectivity index (χ2v) is 9.13. The van der Waals surface area contributed by atoms with Crippen molar-refractivity contribution in [1.29, 1.82) is 0 Å². The SMILES string of the molecule is NC(=O)Nc1cc(Cl)c(OC(F)(F)F)cc1/C=C/C(=O)N1C[C@H]2COC[C@@H](C1)C2Nc1ccc(F)cc1. The molecule has 2 aromatic rings. The van der Waals surface area contributed by atoms with E-state index in [1.54, 1.807) is 17.0 Å². The number of carbonyl (C=O) groups excluding carboxylic acids is 2. The molecule has 2 aliphatic rings. The number of urea groups is 1. The molecule has 8 nitrogen and oxygen atoms in total. The minimum atomic E-state index is -4.99. The number of carbonyl (C=O) groups is 2. The maximum absolute atomic E-state index is 13.2. The van der Waals surface area contributed by atoms with Gasteiger partial charge in [-0.05, 0) is 42.5 Å². The van der Waals surface area contributed by atoms with Crippen molar-refractivity contribution in [3.8, 4) is 5.75 Å². The molecule has 3 amide bonds. The molecule has 2 heterocycles. The van der Waals surface area contributed by atoms with Gasteiger partial charge >= 0.3 is 12.4 Å². The molecule has 1 unspecified atom stereocenters. The van der Waals surface area contributed by atoms with Crippen LogP contribution in [0.4, 0.5) is 33.7 Å². The number of fused-ring (bicyclic) bond motifs is 2. The highest BCUT2D eigenvalue weighted by atomic mass is 35.5. The molecule has 3 atom stereocenters.